The van der Waals surface area contributed by atoms with Crippen LogP contribution in [0.5, 0.6) is 0 Å². The van der Waals surface area contributed by atoms with Crippen LogP contribution in [0.1, 0.15) is 33.1 Å². The molecule has 2 atom stereocenters. The molecule has 1 aliphatic carbocycles. The van der Waals surface area contributed by atoms with Gasteiger partial charge in [0.25, 0.3) is 0 Å². The summed E-state index contributed by atoms with van der Waals surface area (Å²) in [5.41, 5.74) is 9.07. The normalized spacial score (nSPS) is 27.4. The summed E-state index contributed by atoms with van der Waals surface area (Å²) in [7, 11) is 0. The lowest BCUT2D eigenvalue weighted by atomic mass is 9.68. The molecule has 5 nitrogen and oxygen atoms in total. The lowest BCUT2D eigenvalue weighted by Crippen LogP contribution is -2.52. The van der Waals surface area contributed by atoms with E-state index in [0.29, 0.717) is 0 Å². The number of rotatable bonds is 7. The fourth-order valence-corrected chi connectivity index (χ4v) is 6.76. The second-order valence-corrected chi connectivity index (χ2v) is 11.2. The quantitative estimate of drug-likeness (QED) is 0.590. The Bertz CT molecular complexity index is 898. The van der Waals surface area contributed by atoms with E-state index in [1.54, 1.807) is 17.7 Å². The molecule has 1 aromatic carbocycles. The number of piperidine rings is 1. The van der Waals surface area contributed by atoms with Gasteiger partial charge >= 0.3 is 0 Å². The van der Waals surface area contributed by atoms with Gasteiger partial charge in [-0.05, 0) is 54.7 Å². The molecule has 33 heavy (non-hydrogen) atoms. The maximum Gasteiger partial charge on any atom is 0.123 e. The third-order valence-electron chi connectivity index (χ3n) is 7.66. The van der Waals surface area contributed by atoms with Gasteiger partial charge in [-0.1, -0.05) is 37.8 Å². The minimum absolute atomic E-state index is 0.164. The van der Waals surface area contributed by atoms with Gasteiger partial charge in [0.05, 0.1) is 24.6 Å². The first kappa shape index (κ1) is 23.4. The monoisotopic (exact) mass is 472 g/mol. The number of hydrazine groups is 1. The molecule has 2 fully saturated rings. The van der Waals surface area contributed by atoms with E-state index in [4.69, 9.17) is 4.74 Å². The third-order valence-corrected chi connectivity index (χ3v) is 9.06. The summed E-state index contributed by atoms with van der Waals surface area (Å²) in [4.78, 5) is 2.62. The van der Waals surface area contributed by atoms with Crippen molar-refractivity contribution in [1.29, 1.82) is 0 Å². The van der Waals surface area contributed by atoms with Crippen LogP contribution >= 0.6 is 11.9 Å². The summed E-state index contributed by atoms with van der Waals surface area (Å²) in [6, 6.07) is 6.81. The summed E-state index contributed by atoms with van der Waals surface area (Å²) in [6.07, 6.45) is 5.91. The average molecular weight is 473 g/mol. The molecule has 0 radical (unpaired) electrons. The second-order valence-electron chi connectivity index (χ2n) is 10.1. The van der Waals surface area contributed by atoms with Gasteiger partial charge in [-0.3, -0.25) is 9.91 Å². The molecule has 0 saturated carbocycles. The van der Waals surface area contributed by atoms with Crippen LogP contribution in [0.2, 0.25) is 0 Å². The Kier molecular flexibility index (Phi) is 7.14. The van der Waals surface area contributed by atoms with Crippen molar-refractivity contribution in [3.8, 4) is 0 Å². The van der Waals surface area contributed by atoms with Gasteiger partial charge in [0.15, 0.2) is 0 Å². The van der Waals surface area contributed by atoms with E-state index in [9.17, 15) is 4.39 Å². The summed E-state index contributed by atoms with van der Waals surface area (Å²) in [5.74, 6) is 1.77. The molecule has 0 aromatic heterocycles. The predicted molar refractivity (Wildman–Crippen MR) is 134 cm³/mol. The zero-order valence-electron chi connectivity index (χ0n) is 20.0. The summed E-state index contributed by atoms with van der Waals surface area (Å²) in [6.45, 7) is 12.6. The predicted octanol–water partition coefficient (Wildman–Crippen LogP) is 4.45. The topological polar surface area (TPSA) is 31.0 Å². The maximum absolute atomic E-state index is 13.5. The Balaban J connectivity index is 1.39. The van der Waals surface area contributed by atoms with Gasteiger partial charge in [-0.25, -0.2) is 14.1 Å². The molecular formula is C26H37FN4OS. The Hall–Kier alpha value is -1.38. The molecule has 0 bridgehead atoms. The molecule has 1 aromatic rings. The van der Waals surface area contributed by atoms with Gasteiger partial charge in [0, 0.05) is 50.4 Å². The first-order valence-electron chi connectivity index (χ1n) is 12.5. The number of hydrogen-bond acceptors (Lipinski definition) is 6. The minimum Gasteiger partial charge on any atom is -0.379 e. The van der Waals surface area contributed by atoms with Crippen LogP contribution in [-0.4, -0.2) is 67.4 Å². The van der Waals surface area contributed by atoms with Crippen molar-refractivity contribution in [2.45, 2.75) is 33.1 Å². The van der Waals surface area contributed by atoms with Crippen LogP contribution in [0.4, 0.5) is 10.1 Å². The largest absolute Gasteiger partial charge is 0.379 e. The van der Waals surface area contributed by atoms with E-state index in [1.807, 2.05) is 12.1 Å². The van der Waals surface area contributed by atoms with E-state index in [0.717, 1.165) is 76.9 Å². The van der Waals surface area contributed by atoms with Crippen molar-refractivity contribution in [3.05, 3.63) is 53.0 Å². The zero-order valence-corrected chi connectivity index (χ0v) is 20.8. The molecule has 5 rings (SSSR count). The number of anilines is 1. The van der Waals surface area contributed by atoms with E-state index < -0.39 is 0 Å². The number of nitrogens with one attached hydrogen (secondary N) is 1. The highest BCUT2D eigenvalue weighted by atomic mass is 32.2. The fourth-order valence-electron chi connectivity index (χ4n) is 5.50. The Morgan fingerprint density at radius 2 is 1.97 bits per heavy atom. The first-order chi connectivity index (χ1) is 16.1. The van der Waals surface area contributed by atoms with E-state index >= 15 is 0 Å². The molecule has 180 valence electrons. The number of benzene rings is 1. The highest BCUT2D eigenvalue weighted by Crippen LogP contribution is 2.48. The lowest BCUT2D eigenvalue weighted by Gasteiger charge is -2.49. The van der Waals surface area contributed by atoms with Crippen molar-refractivity contribution in [2.24, 2.45) is 11.3 Å². The summed E-state index contributed by atoms with van der Waals surface area (Å²) in [5, 5.41) is 2.16. The number of morpholine rings is 1. The summed E-state index contributed by atoms with van der Waals surface area (Å²) < 4.78 is 21.8. The standard InChI is InChI=1S/C26H37FN4OS/c1-3-20(2)17-33-30-9-8-22-14-25-21(16-28-31(25)24-6-4-23(27)5-7-24)15-26(22,19-30)18-29-10-12-32-13-11-29/h4-7,14,20,28H,3,8-13,15-19H2,1-2H3. The fraction of sp³-hybridized carbons (Fsp3) is 0.615. The number of fused-ring (bicyclic) bond motifs is 1. The van der Waals surface area contributed by atoms with Crippen LogP contribution in [0, 0.1) is 17.2 Å². The maximum atomic E-state index is 13.5. The molecule has 7 heteroatoms. The minimum atomic E-state index is -0.194. The number of hydrogen-bond donors (Lipinski definition) is 1. The van der Waals surface area contributed by atoms with Crippen LogP contribution in [0.25, 0.3) is 0 Å². The molecule has 0 spiro atoms. The number of halogens is 1. The Labute approximate surface area is 202 Å². The molecular weight excluding hydrogens is 435 g/mol. The third kappa shape index (κ3) is 5.03. The Morgan fingerprint density at radius 1 is 1.18 bits per heavy atom. The zero-order chi connectivity index (χ0) is 22.8. The van der Waals surface area contributed by atoms with Crippen molar-refractivity contribution in [1.82, 2.24) is 14.6 Å². The molecule has 3 aliphatic heterocycles. The van der Waals surface area contributed by atoms with Gasteiger partial charge in [-0.15, -0.1) is 0 Å². The van der Waals surface area contributed by atoms with Crippen molar-refractivity contribution in [2.75, 3.05) is 63.2 Å². The van der Waals surface area contributed by atoms with Crippen LogP contribution in [-0.2, 0) is 4.74 Å². The van der Waals surface area contributed by atoms with E-state index in [1.165, 1.54) is 23.4 Å². The molecule has 2 saturated heterocycles. The van der Waals surface area contributed by atoms with Crippen molar-refractivity contribution >= 4 is 17.6 Å². The molecule has 0 amide bonds. The van der Waals surface area contributed by atoms with Crippen molar-refractivity contribution in [3.63, 3.8) is 0 Å². The lowest BCUT2D eigenvalue weighted by molar-refractivity contribution is 0.0155. The number of nitrogens with zero attached hydrogens (tertiary/aromatic N) is 3. The summed E-state index contributed by atoms with van der Waals surface area (Å²) >= 11 is 2.06. The van der Waals surface area contributed by atoms with Crippen LogP contribution in [0.15, 0.2) is 47.2 Å². The van der Waals surface area contributed by atoms with Gasteiger partial charge in [-0.2, -0.15) is 0 Å². The molecule has 3 heterocycles. The average Bonchev–Trinajstić information content (AvgIpc) is 3.24. The van der Waals surface area contributed by atoms with Gasteiger partial charge < -0.3 is 4.74 Å². The van der Waals surface area contributed by atoms with Gasteiger partial charge in [0.1, 0.15) is 5.82 Å². The smallest absolute Gasteiger partial charge is 0.123 e. The second kappa shape index (κ2) is 10.1. The van der Waals surface area contributed by atoms with Gasteiger partial charge in [0.2, 0.25) is 0 Å². The van der Waals surface area contributed by atoms with E-state index in [-0.39, 0.29) is 11.2 Å². The molecule has 4 aliphatic rings. The van der Waals surface area contributed by atoms with Crippen LogP contribution < -0.4 is 10.4 Å². The highest BCUT2D eigenvalue weighted by Gasteiger charge is 2.45. The number of ether oxygens (including phenoxy) is 1. The Morgan fingerprint density at radius 3 is 2.73 bits per heavy atom. The SMILES string of the molecule is CCC(C)CSN1CCC2=CC3=C(CNN3c3ccc(F)cc3)CC2(CN2CCOCC2)C1. The van der Waals surface area contributed by atoms with Crippen molar-refractivity contribution < 1.29 is 9.13 Å². The molecule has 1 N–H and O–H groups in total. The first-order valence-corrected chi connectivity index (χ1v) is 13.4. The van der Waals surface area contributed by atoms with Crippen LogP contribution in [0.3, 0.4) is 0 Å². The van der Waals surface area contributed by atoms with E-state index in [2.05, 4.69) is 51.5 Å². The molecule has 2 unspecified atom stereocenters. The number of allylic oxidation sites excluding steroid dienone is 1. The highest BCUT2D eigenvalue weighted by molar-refractivity contribution is 7.97.